The van der Waals surface area contributed by atoms with Crippen LogP contribution >= 0.6 is 0 Å². The number of rotatable bonds is 3. The first-order valence-electron chi connectivity index (χ1n) is 6.69. The van der Waals surface area contributed by atoms with E-state index in [1.165, 1.54) is 23.6 Å². The second-order valence-electron chi connectivity index (χ2n) is 5.21. The molecule has 2 N–H and O–H groups in total. The molecule has 2 aromatic carbocycles. The minimum Gasteiger partial charge on any atom is -0.486 e. The summed E-state index contributed by atoms with van der Waals surface area (Å²) in [4.78, 5) is 0. The van der Waals surface area contributed by atoms with Crippen molar-refractivity contribution in [3.8, 4) is 5.75 Å². The van der Waals surface area contributed by atoms with E-state index in [-0.39, 0.29) is 5.60 Å². The van der Waals surface area contributed by atoms with Crippen LogP contribution in [0.3, 0.4) is 0 Å². The zero-order chi connectivity index (χ0) is 12.4. The van der Waals surface area contributed by atoms with Gasteiger partial charge in [0.2, 0.25) is 0 Å². The quantitative estimate of drug-likeness (QED) is 0.892. The summed E-state index contributed by atoms with van der Waals surface area (Å²) in [5.41, 5.74) is 5.78. The van der Waals surface area contributed by atoms with E-state index in [1.807, 2.05) is 0 Å². The molecule has 0 aliphatic heterocycles. The van der Waals surface area contributed by atoms with Gasteiger partial charge in [0.25, 0.3) is 0 Å². The topological polar surface area (TPSA) is 35.2 Å². The van der Waals surface area contributed by atoms with E-state index in [0.29, 0.717) is 6.54 Å². The Morgan fingerprint density at radius 1 is 1.00 bits per heavy atom. The molecule has 1 aliphatic rings. The Kier molecular flexibility index (Phi) is 2.96. The van der Waals surface area contributed by atoms with Crippen LogP contribution in [0.25, 0.3) is 10.8 Å². The van der Waals surface area contributed by atoms with Crippen LogP contribution in [-0.2, 0) is 0 Å². The van der Waals surface area contributed by atoms with Gasteiger partial charge in [0, 0.05) is 6.54 Å². The van der Waals surface area contributed by atoms with Gasteiger partial charge in [-0.05, 0) is 48.6 Å². The maximum Gasteiger partial charge on any atom is 0.121 e. The molecule has 0 atom stereocenters. The van der Waals surface area contributed by atoms with Gasteiger partial charge < -0.3 is 10.5 Å². The van der Waals surface area contributed by atoms with Gasteiger partial charge in [-0.1, -0.05) is 30.3 Å². The first-order chi connectivity index (χ1) is 8.81. The molecular weight excluding hydrogens is 222 g/mol. The average Bonchev–Trinajstić information content (AvgIpc) is 2.88. The van der Waals surface area contributed by atoms with Gasteiger partial charge in [-0.3, -0.25) is 0 Å². The molecule has 0 radical (unpaired) electrons. The Hall–Kier alpha value is -1.54. The summed E-state index contributed by atoms with van der Waals surface area (Å²) < 4.78 is 6.20. The van der Waals surface area contributed by atoms with E-state index in [2.05, 4.69) is 42.5 Å². The molecule has 2 nitrogen and oxygen atoms in total. The summed E-state index contributed by atoms with van der Waals surface area (Å²) in [5.74, 6) is 0.945. The normalized spacial score (nSPS) is 18.1. The lowest BCUT2D eigenvalue weighted by Crippen LogP contribution is -2.40. The van der Waals surface area contributed by atoms with Gasteiger partial charge in [0.05, 0.1) is 0 Å². The zero-order valence-electron chi connectivity index (χ0n) is 10.6. The van der Waals surface area contributed by atoms with Crippen LogP contribution in [0.5, 0.6) is 5.75 Å². The number of fused-ring (bicyclic) bond motifs is 1. The second-order valence-corrected chi connectivity index (χ2v) is 5.21. The molecule has 0 aromatic heterocycles. The molecule has 0 amide bonds. The number of hydrogen-bond donors (Lipinski definition) is 1. The fraction of sp³-hybridized carbons (Fsp3) is 0.375. The maximum atomic E-state index is 6.20. The van der Waals surface area contributed by atoms with Gasteiger partial charge in [-0.15, -0.1) is 0 Å². The molecule has 18 heavy (non-hydrogen) atoms. The molecule has 94 valence electrons. The monoisotopic (exact) mass is 241 g/mol. The lowest BCUT2D eigenvalue weighted by atomic mass is 10.0. The van der Waals surface area contributed by atoms with Crippen molar-refractivity contribution in [3.05, 3.63) is 42.5 Å². The molecular formula is C16H19NO. The largest absolute Gasteiger partial charge is 0.486 e. The van der Waals surface area contributed by atoms with Crippen molar-refractivity contribution < 1.29 is 4.74 Å². The van der Waals surface area contributed by atoms with Crippen molar-refractivity contribution in [1.29, 1.82) is 0 Å². The highest BCUT2D eigenvalue weighted by atomic mass is 16.5. The molecule has 1 aliphatic carbocycles. The standard InChI is InChI=1S/C16H19NO/c17-12-16(9-3-4-10-16)18-15-8-7-13-5-1-2-6-14(13)11-15/h1-2,5-8,11H,3-4,9-10,12,17H2. The Morgan fingerprint density at radius 2 is 1.72 bits per heavy atom. The fourth-order valence-electron chi connectivity index (χ4n) is 2.85. The molecule has 1 saturated carbocycles. The molecule has 0 bridgehead atoms. The van der Waals surface area contributed by atoms with Crippen molar-refractivity contribution >= 4 is 10.8 Å². The SMILES string of the molecule is NCC1(Oc2ccc3ccccc3c2)CCCC1. The van der Waals surface area contributed by atoms with Gasteiger partial charge in [0.1, 0.15) is 11.4 Å². The average molecular weight is 241 g/mol. The van der Waals surface area contributed by atoms with Crippen LogP contribution in [0.1, 0.15) is 25.7 Å². The zero-order valence-corrected chi connectivity index (χ0v) is 10.6. The van der Waals surface area contributed by atoms with Gasteiger partial charge in [-0.2, -0.15) is 0 Å². The summed E-state index contributed by atoms with van der Waals surface area (Å²) in [6, 6.07) is 14.6. The van der Waals surface area contributed by atoms with Crippen molar-refractivity contribution in [2.45, 2.75) is 31.3 Å². The number of nitrogens with two attached hydrogens (primary N) is 1. The molecule has 0 saturated heterocycles. The Labute approximate surface area is 108 Å². The lowest BCUT2D eigenvalue weighted by Gasteiger charge is -2.28. The van der Waals surface area contributed by atoms with E-state index >= 15 is 0 Å². The molecule has 3 rings (SSSR count). The molecule has 1 fully saturated rings. The molecule has 0 unspecified atom stereocenters. The third-order valence-electron chi connectivity index (χ3n) is 3.94. The summed E-state index contributed by atoms with van der Waals surface area (Å²) >= 11 is 0. The van der Waals surface area contributed by atoms with Crippen molar-refractivity contribution in [1.82, 2.24) is 0 Å². The minimum absolute atomic E-state index is 0.123. The minimum atomic E-state index is -0.123. The highest BCUT2D eigenvalue weighted by Crippen LogP contribution is 2.34. The Balaban J connectivity index is 1.90. The second kappa shape index (κ2) is 4.62. The van der Waals surface area contributed by atoms with Gasteiger partial charge in [-0.25, -0.2) is 0 Å². The van der Waals surface area contributed by atoms with Crippen molar-refractivity contribution in [3.63, 3.8) is 0 Å². The van der Waals surface area contributed by atoms with E-state index in [0.717, 1.165) is 18.6 Å². The summed E-state index contributed by atoms with van der Waals surface area (Å²) in [5, 5.41) is 2.47. The highest BCUT2D eigenvalue weighted by molar-refractivity contribution is 5.83. The number of hydrogen-bond acceptors (Lipinski definition) is 2. The Morgan fingerprint density at radius 3 is 2.44 bits per heavy atom. The predicted octanol–water partition coefficient (Wildman–Crippen LogP) is 3.49. The van der Waals surface area contributed by atoms with Gasteiger partial charge in [0.15, 0.2) is 0 Å². The van der Waals surface area contributed by atoms with Crippen LogP contribution in [-0.4, -0.2) is 12.1 Å². The van der Waals surface area contributed by atoms with Crippen LogP contribution in [0.15, 0.2) is 42.5 Å². The van der Waals surface area contributed by atoms with Crippen LogP contribution in [0.4, 0.5) is 0 Å². The van der Waals surface area contributed by atoms with E-state index in [9.17, 15) is 0 Å². The first-order valence-corrected chi connectivity index (χ1v) is 6.69. The third kappa shape index (κ3) is 2.08. The summed E-state index contributed by atoms with van der Waals surface area (Å²) in [6.45, 7) is 0.611. The number of ether oxygens (including phenoxy) is 1. The first kappa shape index (κ1) is 11.5. The van der Waals surface area contributed by atoms with Crippen LogP contribution in [0.2, 0.25) is 0 Å². The maximum absolute atomic E-state index is 6.20. The van der Waals surface area contributed by atoms with Crippen LogP contribution in [0, 0.1) is 0 Å². The fourth-order valence-corrected chi connectivity index (χ4v) is 2.85. The van der Waals surface area contributed by atoms with Crippen LogP contribution < -0.4 is 10.5 Å². The highest BCUT2D eigenvalue weighted by Gasteiger charge is 2.34. The Bertz CT molecular complexity index is 544. The van der Waals surface area contributed by atoms with E-state index in [4.69, 9.17) is 10.5 Å². The van der Waals surface area contributed by atoms with E-state index in [1.54, 1.807) is 0 Å². The lowest BCUT2D eigenvalue weighted by molar-refractivity contribution is 0.0855. The van der Waals surface area contributed by atoms with Crippen molar-refractivity contribution in [2.75, 3.05) is 6.54 Å². The number of benzene rings is 2. The van der Waals surface area contributed by atoms with Gasteiger partial charge >= 0.3 is 0 Å². The molecule has 0 heterocycles. The predicted molar refractivity (Wildman–Crippen MR) is 74.8 cm³/mol. The van der Waals surface area contributed by atoms with E-state index < -0.39 is 0 Å². The molecule has 2 aromatic rings. The summed E-state index contributed by atoms with van der Waals surface area (Å²) in [7, 11) is 0. The third-order valence-corrected chi connectivity index (χ3v) is 3.94. The molecule has 0 spiro atoms. The summed E-state index contributed by atoms with van der Waals surface area (Å²) in [6.07, 6.45) is 4.61. The van der Waals surface area contributed by atoms with Crippen molar-refractivity contribution in [2.24, 2.45) is 5.73 Å². The molecule has 2 heteroatoms. The smallest absolute Gasteiger partial charge is 0.121 e.